The van der Waals surface area contributed by atoms with Crippen LogP contribution >= 0.6 is 0 Å². The zero-order chi connectivity index (χ0) is 45.6. The predicted molar refractivity (Wildman–Crippen MR) is 261 cm³/mol. The summed E-state index contributed by atoms with van der Waals surface area (Å²) in [6.45, 7) is 4.58. The molecular formula is C54H96NO7+. The van der Waals surface area contributed by atoms with Gasteiger partial charge in [-0.05, 0) is 51.4 Å². The largest absolute Gasteiger partial charge is 0.477 e. The molecule has 0 spiro atoms. The maximum atomic E-state index is 12.7. The predicted octanol–water partition coefficient (Wildman–Crippen LogP) is 14.5. The normalized spacial score (nSPS) is 13.4. The number of carbonyl (C=O) groups excluding carboxylic acids is 2. The number of ether oxygens (including phenoxy) is 3. The number of carboxylic acid groups (broad SMARTS) is 1. The molecule has 0 saturated heterocycles. The van der Waals surface area contributed by atoms with Gasteiger partial charge in [0.05, 0.1) is 34.4 Å². The SMILES string of the molecule is CC/C=C/C/C=C/C/C=C/C/C=C/C/C=C/CCCC(=O)OC(COCCC(C(=O)O)[N+](C)(C)C)COC(=O)CCCCCCCCCCCCCCCCCCCCCCC. The molecule has 0 aliphatic carbocycles. The van der Waals surface area contributed by atoms with E-state index >= 15 is 0 Å². The van der Waals surface area contributed by atoms with Crippen LogP contribution in [0.2, 0.25) is 0 Å². The number of carboxylic acids is 1. The van der Waals surface area contributed by atoms with E-state index in [2.05, 4.69) is 74.6 Å². The van der Waals surface area contributed by atoms with Gasteiger partial charge in [0.15, 0.2) is 12.1 Å². The van der Waals surface area contributed by atoms with Gasteiger partial charge in [-0.3, -0.25) is 9.59 Å². The van der Waals surface area contributed by atoms with E-state index in [1.54, 1.807) is 0 Å². The first-order valence-electron chi connectivity index (χ1n) is 25.3. The van der Waals surface area contributed by atoms with Crippen molar-refractivity contribution in [2.75, 3.05) is 41.0 Å². The summed E-state index contributed by atoms with van der Waals surface area (Å²) in [4.78, 5) is 37.1. The third kappa shape index (κ3) is 42.3. The van der Waals surface area contributed by atoms with E-state index in [1.165, 1.54) is 116 Å². The van der Waals surface area contributed by atoms with Gasteiger partial charge >= 0.3 is 17.9 Å². The summed E-state index contributed by atoms with van der Waals surface area (Å²) in [5.41, 5.74) is 0. The lowest BCUT2D eigenvalue weighted by molar-refractivity contribution is -0.887. The van der Waals surface area contributed by atoms with Crippen LogP contribution in [-0.4, -0.2) is 80.6 Å². The molecule has 0 radical (unpaired) electrons. The molecule has 8 heteroatoms. The molecule has 0 aromatic carbocycles. The average Bonchev–Trinajstić information content (AvgIpc) is 3.23. The molecule has 1 N–H and O–H groups in total. The molecule has 0 aliphatic heterocycles. The van der Waals surface area contributed by atoms with Gasteiger partial charge in [-0.15, -0.1) is 0 Å². The van der Waals surface area contributed by atoms with E-state index in [9.17, 15) is 19.5 Å². The molecule has 2 atom stereocenters. The van der Waals surface area contributed by atoms with Crippen LogP contribution in [0.1, 0.15) is 213 Å². The minimum absolute atomic E-state index is 0.0383. The van der Waals surface area contributed by atoms with Crippen molar-refractivity contribution in [1.29, 1.82) is 0 Å². The van der Waals surface area contributed by atoms with E-state index in [0.29, 0.717) is 19.3 Å². The molecule has 62 heavy (non-hydrogen) atoms. The van der Waals surface area contributed by atoms with Crippen molar-refractivity contribution in [3.8, 4) is 0 Å². The first-order chi connectivity index (χ1) is 30.1. The van der Waals surface area contributed by atoms with Crippen LogP contribution in [0.4, 0.5) is 0 Å². The summed E-state index contributed by atoms with van der Waals surface area (Å²) >= 11 is 0. The highest BCUT2D eigenvalue weighted by molar-refractivity contribution is 5.72. The van der Waals surface area contributed by atoms with Gasteiger partial charge < -0.3 is 23.8 Å². The number of carbonyl (C=O) groups is 3. The number of aliphatic carboxylic acids is 1. The van der Waals surface area contributed by atoms with Crippen LogP contribution in [0.5, 0.6) is 0 Å². The lowest BCUT2D eigenvalue weighted by atomic mass is 10.0. The fourth-order valence-electron chi connectivity index (χ4n) is 7.31. The summed E-state index contributed by atoms with van der Waals surface area (Å²) < 4.78 is 17.3. The molecule has 0 saturated carbocycles. The molecule has 358 valence electrons. The molecule has 0 aliphatic rings. The quantitative estimate of drug-likeness (QED) is 0.0282. The standard InChI is InChI=1S/C54H95NO7/c1-6-8-10-12-14-16-18-20-22-24-25-26-27-29-30-32-34-36-38-40-42-44-52(56)61-49-50(48-60-47-46-51(54(58)59)55(3,4)5)62-53(57)45-43-41-39-37-35-33-31-28-23-21-19-17-15-13-11-9-7-2/h9,11,15,17,21,23,31,33,37,39,50-51H,6-8,10,12-14,16,18-20,22,24-30,32,34-36,38,40-49H2,1-5H3/p+1/b11-9+,17-15+,23-21+,33-31+,39-37+. The third-order valence-electron chi connectivity index (χ3n) is 11.2. The molecule has 2 unspecified atom stereocenters. The van der Waals surface area contributed by atoms with Gasteiger partial charge in [-0.25, -0.2) is 4.79 Å². The Labute approximate surface area is 381 Å². The molecule has 0 bridgehead atoms. The number of unbranched alkanes of at least 4 members (excludes halogenated alkanes) is 21. The number of rotatable bonds is 45. The molecule has 0 aromatic heterocycles. The lowest BCUT2D eigenvalue weighted by Gasteiger charge is -2.31. The number of hydrogen-bond donors (Lipinski definition) is 1. The van der Waals surface area contributed by atoms with E-state index < -0.39 is 18.1 Å². The van der Waals surface area contributed by atoms with Gasteiger partial charge in [0, 0.05) is 19.3 Å². The van der Waals surface area contributed by atoms with Crippen molar-refractivity contribution >= 4 is 17.9 Å². The van der Waals surface area contributed by atoms with Crippen LogP contribution in [0.15, 0.2) is 60.8 Å². The minimum Gasteiger partial charge on any atom is -0.477 e. The Kier molecular flexibility index (Phi) is 42.5. The Morgan fingerprint density at radius 1 is 0.500 bits per heavy atom. The van der Waals surface area contributed by atoms with Crippen molar-refractivity contribution in [2.24, 2.45) is 0 Å². The number of quaternary nitrogens is 1. The Balaban J connectivity index is 4.29. The molecule has 0 fully saturated rings. The number of allylic oxidation sites excluding steroid dienone is 10. The maximum absolute atomic E-state index is 12.7. The smallest absolute Gasteiger partial charge is 0.362 e. The number of nitrogens with zero attached hydrogens (tertiary/aromatic N) is 1. The molecular weight excluding hydrogens is 775 g/mol. The van der Waals surface area contributed by atoms with Crippen molar-refractivity contribution in [3.63, 3.8) is 0 Å². The maximum Gasteiger partial charge on any atom is 0.362 e. The summed E-state index contributed by atoms with van der Waals surface area (Å²) in [7, 11) is 5.51. The van der Waals surface area contributed by atoms with Crippen molar-refractivity contribution < 1.29 is 38.2 Å². The second-order valence-electron chi connectivity index (χ2n) is 18.1. The molecule has 0 heterocycles. The van der Waals surface area contributed by atoms with Crippen molar-refractivity contribution in [3.05, 3.63) is 60.8 Å². The molecule has 0 amide bonds. The van der Waals surface area contributed by atoms with E-state index in [-0.39, 0.29) is 42.7 Å². The van der Waals surface area contributed by atoms with E-state index in [1.807, 2.05) is 21.1 Å². The van der Waals surface area contributed by atoms with Crippen LogP contribution < -0.4 is 0 Å². The zero-order valence-corrected chi connectivity index (χ0v) is 40.8. The summed E-state index contributed by atoms with van der Waals surface area (Å²) in [5, 5.41) is 9.64. The summed E-state index contributed by atoms with van der Waals surface area (Å²) in [5.74, 6) is -1.54. The molecule has 0 rings (SSSR count). The van der Waals surface area contributed by atoms with Crippen molar-refractivity contribution in [2.45, 2.75) is 225 Å². The first kappa shape index (κ1) is 59.0. The minimum atomic E-state index is -0.884. The number of likely N-dealkylation sites (N-methyl/N-ethyl adjacent to an activating group) is 1. The Morgan fingerprint density at radius 3 is 1.32 bits per heavy atom. The Bertz CT molecular complexity index is 1200. The van der Waals surface area contributed by atoms with Gasteiger partial charge in [0.25, 0.3) is 0 Å². The fraction of sp³-hybridized carbons (Fsp3) is 0.759. The van der Waals surface area contributed by atoms with Crippen LogP contribution in [0.25, 0.3) is 0 Å². The zero-order valence-electron chi connectivity index (χ0n) is 40.8. The van der Waals surface area contributed by atoms with E-state index in [0.717, 1.165) is 57.8 Å². The third-order valence-corrected chi connectivity index (χ3v) is 11.2. The first-order valence-corrected chi connectivity index (χ1v) is 25.3. The van der Waals surface area contributed by atoms with Gasteiger partial charge in [0.1, 0.15) is 6.61 Å². The highest BCUT2D eigenvalue weighted by Crippen LogP contribution is 2.16. The van der Waals surface area contributed by atoms with Gasteiger partial charge in [0.2, 0.25) is 0 Å². The van der Waals surface area contributed by atoms with Crippen LogP contribution in [0.3, 0.4) is 0 Å². The lowest BCUT2D eigenvalue weighted by Crippen LogP contribution is -2.50. The Morgan fingerprint density at radius 2 is 0.903 bits per heavy atom. The monoisotopic (exact) mass is 871 g/mol. The summed E-state index contributed by atoms with van der Waals surface area (Å²) in [6.07, 6.45) is 55.7. The highest BCUT2D eigenvalue weighted by Gasteiger charge is 2.31. The van der Waals surface area contributed by atoms with Crippen molar-refractivity contribution in [1.82, 2.24) is 0 Å². The second-order valence-corrected chi connectivity index (χ2v) is 18.1. The van der Waals surface area contributed by atoms with Gasteiger partial charge in [-0.1, -0.05) is 203 Å². The van der Waals surface area contributed by atoms with Gasteiger partial charge in [-0.2, -0.15) is 0 Å². The Hall–Kier alpha value is -2.97. The van der Waals surface area contributed by atoms with Crippen LogP contribution in [0, 0.1) is 0 Å². The summed E-state index contributed by atoms with van der Waals surface area (Å²) in [6, 6.07) is -0.626. The topological polar surface area (TPSA) is 99.1 Å². The average molecular weight is 871 g/mol. The number of hydrogen-bond acceptors (Lipinski definition) is 6. The fourth-order valence-corrected chi connectivity index (χ4v) is 7.31. The van der Waals surface area contributed by atoms with E-state index in [4.69, 9.17) is 14.2 Å². The van der Waals surface area contributed by atoms with Crippen LogP contribution in [-0.2, 0) is 28.6 Å². The second kappa shape index (κ2) is 44.6. The number of esters is 2. The molecule has 8 nitrogen and oxygen atoms in total. The molecule has 0 aromatic rings. The highest BCUT2D eigenvalue weighted by atomic mass is 16.6.